The van der Waals surface area contributed by atoms with Gasteiger partial charge in [-0.15, -0.1) is 0 Å². The third-order valence-corrected chi connectivity index (χ3v) is 4.97. The van der Waals surface area contributed by atoms with E-state index in [4.69, 9.17) is 0 Å². The zero-order valence-electron chi connectivity index (χ0n) is 15.9. The first kappa shape index (κ1) is 19.3. The Morgan fingerprint density at radius 2 is 1.81 bits per heavy atom. The maximum absolute atomic E-state index is 13.2. The van der Waals surface area contributed by atoms with E-state index in [9.17, 15) is 9.18 Å². The van der Waals surface area contributed by atoms with E-state index in [-0.39, 0.29) is 24.3 Å². The molecule has 1 aromatic carbocycles. The van der Waals surface area contributed by atoms with Gasteiger partial charge in [-0.05, 0) is 35.7 Å². The minimum absolute atomic E-state index is 0.0179. The molecule has 1 aliphatic heterocycles. The van der Waals surface area contributed by atoms with E-state index in [0.717, 1.165) is 24.5 Å². The number of nitrogens with one attached hydrogen (secondary N) is 1. The summed E-state index contributed by atoms with van der Waals surface area (Å²) in [6, 6.07) is 12.4. The predicted octanol–water partition coefficient (Wildman–Crippen LogP) is 2.86. The molecule has 1 N–H and O–H groups in total. The highest BCUT2D eigenvalue weighted by Gasteiger charge is 2.23. The van der Waals surface area contributed by atoms with E-state index >= 15 is 0 Å². The first-order valence-corrected chi connectivity index (χ1v) is 9.47. The lowest BCUT2D eigenvalue weighted by molar-refractivity contribution is -0.130. The highest BCUT2D eigenvalue weighted by Crippen LogP contribution is 2.22. The van der Waals surface area contributed by atoms with Gasteiger partial charge in [-0.25, -0.2) is 9.37 Å². The van der Waals surface area contributed by atoms with Crippen LogP contribution in [-0.2, 0) is 4.79 Å². The Labute approximate surface area is 160 Å². The Bertz CT molecular complexity index is 728. The topological polar surface area (TPSA) is 48.5 Å². The van der Waals surface area contributed by atoms with Gasteiger partial charge in [0.1, 0.15) is 11.6 Å². The third-order valence-electron chi connectivity index (χ3n) is 4.97. The van der Waals surface area contributed by atoms with E-state index in [2.05, 4.69) is 29.0 Å². The van der Waals surface area contributed by atoms with Crippen LogP contribution in [0.15, 0.2) is 48.7 Å². The first-order chi connectivity index (χ1) is 13.0. The van der Waals surface area contributed by atoms with Gasteiger partial charge in [0.15, 0.2) is 0 Å². The van der Waals surface area contributed by atoms with Gasteiger partial charge in [-0.1, -0.05) is 32.0 Å². The molecule has 1 saturated heterocycles. The molecule has 0 aliphatic carbocycles. The lowest BCUT2D eigenvalue weighted by atomic mass is 9.96. The van der Waals surface area contributed by atoms with Crippen molar-refractivity contribution in [2.75, 3.05) is 37.6 Å². The van der Waals surface area contributed by atoms with E-state index in [1.165, 1.54) is 12.1 Å². The Balaban J connectivity index is 1.52. The molecule has 2 heterocycles. The molecule has 27 heavy (non-hydrogen) atoms. The number of benzene rings is 1. The van der Waals surface area contributed by atoms with Crippen LogP contribution in [0.2, 0.25) is 0 Å². The van der Waals surface area contributed by atoms with Crippen LogP contribution >= 0.6 is 0 Å². The van der Waals surface area contributed by atoms with E-state index < -0.39 is 0 Å². The smallest absolute Gasteiger partial charge is 0.236 e. The number of amides is 1. The number of aromatic nitrogens is 1. The van der Waals surface area contributed by atoms with Crippen molar-refractivity contribution >= 4 is 11.7 Å². The fourth-order valence-electron chi connectivity index (χ4n) is 3.44. The number of hydrogen-bond donors (Lipinski definition) is 1. The molecular weight excluding hydrogens is 343 g/mol. The molecule has 0 bridgehead atoms. The number of nitrogens with zero attached hydrogens (tertiary/aromatic N) is 3. The number of carbonyl (C=O) groups excluding carboxylic acids is 1. The summed E-state index contributed by atoms with van der Waals surface area (Å²) in [6.45, 7) is 7.43. The molecule has 1 aliphatic rings. The highest BCUT2D eigenvalue weighted by atomic mass is 19.1. The molecule has 144 valence electrons. The van der Waals surface area contributed by atoms with Crippen molar-refractivity contribution in [3.63, 3.8) is 0 Å². The largest absolute Gasteiger partial charge is 0.353 e. The quantitative estimate of drug-likeness (QED) is 0.850. The van der Waals surface area contributed by atoms with Crippen LogP contribution in [0.4, 0.5) is 10.2 Å². The van der Waals surface area contributed by atoms with Crippen molar-refractivity contribution in [1.82, 2.24) is 15.2 Å². The van der Waals surface area contributed by atoms with Gasteiger partial charge in [-0.2, -0.15) is 0 Å². The van der Waals surface area contributed by atoms with Crippen molar-refractivity contribution < 1.29 is 9.18 Å². The van der Waals surface area contributed by atoms with Crippen LogP contribution in [0.5, 0.6) is 0 Å². The molecule has 0 saturated carbocycles. The zero-order chi connectivity index (χ0) is 19.2. The molecule has 6 heteroatoms. The van der Waals surface area contributed by atoms with Gasteiger partial charge in [0.25, 0.3) is 0 Å². The molecule has 1 unspecified atom stereocenters. The number of anilines is 1. The summed E-state index contributed by atoms with van der Waals surface area (Å²) in [5.41, 5.74) is 0.999. The molecule has 2 aromatic rings. The molecule has 1 fully saturated rings. The minimum Gasteiger partial charge on any atom is -0.353 e. The van der Waals surface area contributed by atoms with Crippen molar-refractivity contribution in [3.8, 4) is 0 Å². The average Bonchev–Trinajstić information content (AvgIpc) is 2.70. The van der Waals surface area contributed by atoms with Gasteiger partial charge in [0.2, 0.25) is 5.91 Å². The summed E-state index contributed by atoms with van der Waals surface area (Å²) in [7, 11) is 0. The number of rotatable bonds is 6. The Morgan fingerprint density at radius 1 is 1.11 bits per heavy atom. The highest BCUT2D eigenvalue weighted by molar-refractivity contribution is 5.78. The average molecular weight is 370 g/mol. The Kier molecular flexibility index (Phi) is 6.40. The summed E-state index contributed by atoms with van der Waals surface area (Å²) >= 11 is 0. The summed E-state index contributed by atoms with van der Waals surface area (Å²) < 4.78 is 13.2. The van der Waals surface area contributed by atoms with Crippen molar-refractivity contribution in [1.29, 1.82) is 0 Å². The molecule has 0 radical (unpaired) electrons. The second-order valence-corrected chi connectivity index (χ2v) is 7.21. The van der Waals surface area contributed by atoms with Crippen LogP contribution in [0, 0.1) is 11.7 Å². The monoisotopic (exact) mass is 370 g/mol. The maximum atomic E-state index is 13.2. The Hall–Kier alpha value is -2.47. The number of carbonyl (C=O) groups is 1. The zero-order valence-corrected chi connectivity index (χ0v) is 15.9. The summed E-state index contributed by atoms with van der Waals surface area (Å²) in [6.07, 6.45) is 1.79. The van der Waals surface area contributed by atoms with Gasteiger partial charge >= 0.3 is 0 Å². The normalized spacial score (nSPS) is 15.9. The van der Waals surface area contributed by atoms with Crippen LogP contribution in [0.1, 0.15) is 25.5 Å². The first-order valence-electron chi connectivity index (χ1n) is 9.47. The number of piperazine rings is 1. The maximum Gasteiger partial charge on any atom is 0.236 e. The van der Waals surface area contributed by atoms with Crippen LogP contribution < -0.4 is 10.2 Å². The third kappa shape index (κ3) is 5.04. The van der Waals surface area contributed by atoms with E-state index in [0.29, 0.717) is 19.0 Å². The lowest BCUT2D eigenvalue weighted by Crippen LogP contribution is -2.51. The van der Waals surface area contributed by atoms with Crippen molar-refractivity contribution in [3.05, 3.63) is 60.0 Å². The van der Waals surface area contributed by atoms with Crippen LogP contribution in [-0.4, -0.2) is 48.5 Å². The fourth-order valence-corrected chi connectivity index (χ4v) is 3.44. The molecule has 5 nitrogen and oxygen atoms in total. The second kappa shape index (κ2) is 8.95. The standard InChI is InChI=1S/C21H27FN4O/c1-16(2)21(17-6-8-18(22)9-7-17)24-15-20(27)26-13-11-25(12-14-26)19-5-3-4-10-23-19/h3-10,16,21,24H,11-15H2,1-2H3. The van der Waals surface area contributed by atoms with Gasteiger partial charge in [0.05, 0.1) is 6.54 Å². The second-order valence-electron chi connectivity index (χ2n) is 7.21. The predicted molar refractivity (Wildman–Crippen MR) is 105 cm³/mol. The fraction of sp³-hybridized carbons (Fsp3) is 0.429. The number of halogens is 1. The van der Waals surface area contributed by atoms with E-state index in [1.54, 1.807) is 18.3 Å². The molecule has 1 amide bonds. The SMILES string of the molecule is CC(C)C(NCC(=O)N1CCN(c2ccccn2)CC1)c1ccc(F)cc1. The molecule has 0 spiro atoms. The summed E-state index contributed by atoms with van der Waals surface area (Å²) in [4.78, 5) is 21.1. The van der Waals surface area contributed by atoms with Crippen LogP contribution in [0.25, 0.3) is 0 Å². The molecular formula is C21H27FN4O. The van der Waals surface area contributed by atoms with Crippen LogP contribution in [0.3, 0.4) is 0 Å². The van der Waals surface area contributed by atoms with Crippen molar-refractivity contribution in [2.45, 2.75) is 19.9 Å². The molecule has 1 aromatic heterocycles. The molecule has 1 atom stereocenters. The van der Waals surface area contributed by atoms with Gasteiger partial charge < -0.3 is 15.1 Å². The van der Waals surface area contributed by atoms with Gasteiger partial charge in [0, 0.05) is 38.4 Å². The summed E-state index contributed by atoms with van der Waals surface area (Å²) in [5.74, 6) is 1.11. The number of pyridine rings is 1. The number of hydrogen-bond acceptors (Lipinski definition) is 4. The van der Waals surface area contributed by atoms with Crippen molar-refractivity contribution in [2.24, 2.45) is 5.92 Å². The minimum atomic E-state index is -0.247. The molecule has 3 rings (SSSR count). The van der Waals surface area contributed by atoms with Gasteiger partial charge in [-0.3, -0.25) is 4.79 Å². The van der Waals surface area contributed by atoms with E-state index in [1.807, 2.05) is 23.1 Å². The Morgan fingerprint density at radius 3 is 2.41 bits per heavy atom. The lowest BCUT2D eigenvalue weighted by Gasteiger charge is -2.36. The summed E-state index contributed by atoms with van der Waals surface area (Å²) in [5, 5.41) is 3.36.